The van der Waals surface area contributed by atoms with Crippen LogP contribution in [0.1, 0.15) is 33.4 Å². The molecular formula is C23H17F3N4O4. The molecule has 3 aromatic rings. The molecule has 8 nitrogen and oxygen atoms in total. The smallest absolute Gasteiger partial charge is 0.406 e. The molecule has 34 heavy (non-hydrogen) atoms. The highest BCUT2D eigenvalue weighted by molar-refractivity contribution is 6.48. The van der Waals surface area contributed by atoms with Gasteiger partial charge in [0.15, 0.2) is 11.6 Å². The number of rotatable bonds is 5. The van der Waals surface area contributed by atoms with Crippen LogP contribution in [-0.2, 0) is 9.59 Å². The summed E-state index contributed by atoms with van der Waals surface area (Å²) in [5.41, 5.74) is 1.57. The zero-order valence-corrected chi connectivity index (χ0v) is 17.9. The number of Topliss-reactive ketones (excluding diaryl/α,β-unsaturated/α-hetero) is 2. The average molecular weight is 470 g/mol. The fraction of sp³-hybridized carbons (Fsp3) is 0.217. The molecule has 11 heteroatoms. The fourth-order valence-corrected chi connectivity index (χ4v) is 3.68. The van der Waals surface area contributed by atoms with E-state index >= 15 is 0 Å². The maximum absolute atomic E-state index is 13.3. The second-order valence-corrected chi connectivity index (χ2v) is 7.70. The average Bonchev–Trinajstić information content (AvgIpc) is 3.04. The van der Waals surface area contributed by atoms with Crippen LogP contribution in [0.3, 0.4) is 0 Å². The van der Waals surface area contributed by atoms with E-state index in [0.717, 1.165) is 22.6 Å². The normalized spacial score (nSPS) is 18.3. The van der Waals surface area contributed by atoms with Crippen LogP contribution < -0.4 is 9.64 Å². The van der Waals surface area contributed by atoms with Gasteiger partial charge in [0.2, 0.25) is 5.78 Å². The highest BCUT2D eigenvalue weighted by Crippen LogP contribution is 2.41. The molecule has 1 fully saturated rings. The minimum Gasteiger partial charge on any atom is -0.406 e. The number of pyridine rings is 1. The summed E-state index contributed by atoms with van der Waals surface area (Å²) in [4.78, 5) is 44.4. The SMILES string of the molecule is Cc1ccc(C(=O)C2C(=O)C(=O)N(c3ccc(C)nn3)C2c2ccc(OC(F)(F)F)cc2)nc1. The summed E-state index contributed by atoms with van der Waals surface area (Å²) in [5, 5.41) is 7.87. The van der Waals surface area contributed by atoms with Crippen molar-refractivity contribution in [1.82, 2.24) is 15.2 Å². The number of amides is 1. The summed E-state index contributed by atoms with van der Waals surface area (Å²) in [6.07, 6.45) is -3.43. The number of aryl methyl sites for hydroxylation is 2. The lowest BCUT2D eigenvalue weighted by atomic mass is 9.87. The Morgan fingerprint density at radius 1 is 0.971 bits per heavy atom. The Morgan fingerprint density at radius 3 is 2.24 bits per heavy atom. The van der Waals surface area contributed by atoms with E-state index in [-0.39, 0.29) is 17.1 Å². The first-order valence-electron chi connectivity index (χ1n) is 10.1. The summed E-state index contributed by atoms with van der Waals surface area (Å²) >= 11 is 0. The molecule has 2 unspecified atom stereocenters. The third-order valence-electron chi connectivity index (χ3n) is 5.24. The highest BCUT2D eigenvalue weighted by Gasteiger charge is 2.53. The van der Waals surface area contributed by atoms with Crippen molar-refractivity contribution in [3.63, 3.8) is 0 Å². The number of hydrogen-bond donors (Lipinski definition) is 0. The standard InChI is InChI=1S/C23H17F3N4O4/c1-12-3-9-16(27-11-12)20(31)18-19(14-5-7-15(8-6-14)34-23(24,25)26)30(22(33)21(18)32)17-10-4-13(2)28-29-17/h3-11,18-19H,1-2H3. The molecule has 174 valence electrons. The molecular weight excluding hydrogens is 453 g/mol. The molecule has 0 saturated carbocycles. The van der Waals surface area contributed by atoms with Gasteiger partial charge in [-0.2, -0.15) is 5.10 Å². The molecule has 1 aliphatic rings. The summed E-state index contributed by atoms with van der Waals surface area (Å²) in [6, 6.07) is 9.57. The topological polar surface area (TPSA) is 102 Å². The van der Waals surface area contributed by atoms with Gasteiger partial charge in [-0.15, -0.1) is 18.3 Å². The van der Waals surface area contributed by atoms with Crippen molar-refractivity contribution >= 4 is 23.3 Å². The van der Waals surface area contributed by atoms with Crippen LogP contribution in [0.4, 0.5) is 19.0 Å². The lowest BCUT2D eigenvalue weighted by Gasteiger charge is -2.26. The van der Waals surface area contributed by atoms with Crippen molar-refractivity contribution in [2.45, 2.75) is 26.3 Å². The number of nitrogens with zero attached hydrogens (tertiary/aromatic N) is 4. The number of halogens is 3. The lowest BCUT2D eigenvalue weighted by Crippen LogP contribution is -2.31. The van der Waals surface area contributed by atoms with Gasteiger partial charge in [0.1, 0.15) is 17.4 Å². The van der Waals surface area contributed by atoms with E-state index in [9.17, 15) is 27.6 Å². The predicted molar refractivity (Wildman–Crippen MR) is 112 cm³/mol. The van der Waals surface area contributed by atoms with Gasteiger partial charge in [-0.25, -0.2) is 0 Å². The van der Waals surface area contributed by atoms with Gasteiger partial charge < -0.3 is 4.74 Å². The van der Waals surface area contributed by atoms with Crippen LogP contribution in [0, 0.1) is 19.8 Å². The molecule has 0 spiro atoms. The molecule has 0 aliphatic carbocycles. The van der Waals surface area contributed by atoms with Gasteiger partial charge in [-0.1, -0.05) is 18.2 Å². The van der Waals surface area contributed by atoms with Crippen LogP contribution in [0.2, 0.25) is 0 Å². The first-order chi connectivity index (χ1) is 16.0. The van der Waals surface area contributed by atoms with Crippen molar-refractivity contribution in [2.24, 2.45) is 5.92 Å². The monoisotopic (exact) mass is 470 g/mol. The van der Waals surface area contributed by atoms with Crippen molar-refractivity contribution in [3.8, 4) is 5.75 Å². The molecule has 1 aliphatic heterocycles. The van der Waals surface area contributed by atoms with Crippen LogP contribution in [0.15, 0.2) is 54.7 Å². The summed E-state index contributed by atoms with van der Waals surface area (Å²) in [5.74, 6) is -4.60. The van der Waals surface area contributed by atoms with E-state index in [1.165, 1.54) is 30.5 Å². The van der Waals surface area contributed by atoms with Gasteiger partial charge >= 0.3 is 6.36 Å². The lowest BCUT2D eigenvalue weighted by molar-refractivity contribution is -0.274. The van der Waals surface area contributed by atoms with E-state index in [1.807, 2.05) is 0 Å². The molecule has 3 heterocycles. The minimum atomic E-state index is -4.89. The molecule has 1 saturated heterocycles. The van der Waals surface area contributed by atoms with Gasteiger partial charge in [-0.05, 0) is 55.3 Å². The number of anilines is 1. The number of carbonyl (C=O) groups is 3. The number of ketones is 2. The Balaban J connectivity index is 1.80. The second kappa shape index (κ2) is 8.65. The number of carbonyl (C=O) groups excluding carboxylic acids is 3. The van der Waals surface area contributed by atoms with E-state index < -0.39 is 41.5 Å². The minimum absolute atomic E-state index is 0.0179. The van der Waals surface area contributed by atoms with E-state index in [4.69, 9.17) is 0 Å². The third kappa shape index (κ3) is 4.49. The Bertz CT molecular complexity index is 1240. The predicted octanol–water partition coefficient (Wildman–Crippen LogP) is 3.54. The molecule has 0 bridgehead atoms. The number of hydrogen-bond acceptors (Lipinski definition) is 7. The quantitative estimate of drug-likeness (QED) is 0.319. The van der Waals surface area contributed by atoms with Gasteiger partial charge in [-0.3, -0.25) is 24.3 Å². The second-order valence-electron chi connectivity index (χ2n) is 7.70. The molecule has 1 aromatic carbocycles. The van der Waals surface area contributed by atoms with E-state index in [1.54, 1.807) is 26.0 Å². The van der Waals surface area contributed by atoms with Gasteiger partial charge in [0.25, 0.3) is 5.91 Å². The van der Waals surface area contributed by atoms with E-state index in [2.05, 4.69) is 19.9 Å². The van der Waals surface area contributed by atoms with Crippen LogP contribution in [0.25, 0.3) is 0 Å². The summed E-state index contributed by atoms with van der Waals surface area (Å²) in [6.45, 7) is 3.46. The largest absolute Gasteiger partial charge is 0.573 e. The first-order valence-corrected chi connectivity index (χ1v) is 10.1. The number of alkyl halides is 3. The molecule has 2 atom stereocenters. The number of aromatic nitrogens is 3. The summed E-state index contributed by atoms with van der Waals surface area (Å²) < 4.78 is 41.6. The Kier molecular flexibility index (Phi) is 5.86. The Morgan fingerprint density at radius 2 is 1.68 bits per heavy atom. The first kappa shape index (κ1) is 23.0. The molecule has 2 aromatic heterocycles. The number of benzene rings is 1. The van der Waals surface area contributed by atoms with Crippen molar-refractivity contribution < 1.29 is 32.3 Å². The number of ether oxygens (including phenoxy) is 1. The Labute approximate surface area is 191 Å². The molecule has 4 rings (SSSR count). The van der Waals surface area contributed by atoms with Crippen LogP contribution >= 0.6 is 0 Å². The third-order valence-corrected chi connectivity index (χ3v) is 5.24. The molecule has 1 amide bonds. The van der Waals surface area contributed by atoms with Gasteiger partial charge in [0, 0.05) is 6.20 Å². The summed E-state index contributed by atoms with van der Waals surface area (Å²) in [7, 11) is 0. The zero-order chi connectivity index (χ0) is 24.6. The zero-order valence-electron chi connectivity index (χ0n) is 17.9. The maximum atomic E-state index is 13.3. The van der Waals surface area contributed by atoms with Crippen molar-refractivity contribution in [1.29, 1.82) is 0 Å². The van der Waals surface area contributed by atoms with Crippen LogP contribution in [-0.4, -0.2) is 39.0 Å². The van der Waals surface area contributed by atoms with E-state index in [0.29, 0.717) is 5.69 Å². The maximum Gasteiger partial charge on any atom is 0.573 e. The highest BCUT2D eigenvalue weighted by atomic mass is 19.4. The molecule has 0 N–H and O–H groups in total. The van der Waals surface area contributed by atoms with Crippen molar-refractivity contribution in [2.75, 3.05) is 4.90 Å². The Hall–Kier alpha value is -4.15. The fourth-order valence-electron chi connectivity index (χ4n) is 3.68. The van der Waals surface area contributed by atoms with Crippen molar-refractivity contribution in [3.05, 3.63) is 77.2 Å². The molecule has 0 radical (unpaired) electrons. The van der Waals surface area contributed by atoms with Crippen LogP contribution in [0.5, 0.6) is 5.75 Å². The van der Waals surface area contributed by atoms with Gasteiger partial charge in [0.05, 0.1) is 11.7 Å².